The fraction of sp³-hybridized carbons (Fsp3) is 0.125. The highest BCUT2D eigenvalue weighted by molar-refractivity contribution is 5.53. The first-order valence-electron chi connectivity index (χ1n) is 5.96. The van der Waals surface area contributed by atoms with Crippen LogP contribution in [0.15, 0.2) is 48.5 Å². The number of benzene rings is 2. The standard InChI is InChI=1S/C16H13N3/c1-12-4-2-3-5-15(12)19-16(11-18)14-8-6-13(10-17)7-9-14/h2-9,16,19H,1H3. The molecule has 0 aromatic heterocycles. The minimum atomic E-state index is -0.422. The van der Waals surface area contributed by atoms with E-state index in [-0.39, 0.29) is 0 Å². The lowest BCUT2D eigenvalue weighted by Gasteiger charge is -2.15. The lowest BCUT2D eigenvalue weighted by molar-refractivity contribution is 0.993. The zero-order chi connectivity index (χ0) is 13.7. The molecule has 2 rings (SSSR count). The van der Waals surface area contributed by atoms with E-state index in [4.69, 9.17) is 5.26 Å². The molecule has 3 heteroatoms. The third-order valence-corrected chi connectivity index (χ3v) is 2.95. The van der Waals surface area contributed by atoms with Gasteiger partial charge in [0.2, 0.25) is 0 Å². The highest BCUT2D eigenvalue weighted by Gasteiger charge is 2.11. The van der Waals surface area contributed by atoms with Crippen molar-refractivity contribution in [3.05, 3.63) is 65.2 Å². The molecule has 0 saturated heterocycles. The Labute approximate surface area is 112 Å². The van der Waals surface area contributed by atoms with Crippen LogP contribution in [0.1, 0.15) is 22.7 Å². The van der Waals surface area contributed by atoms with E-state index in [0.717, 1.165) is 16.8 Å². The molecule has 3 nitrogen and oxygen atoms in total. The Bertz CT molecular complexity index is 645. The number of rotatable bonds is 3. The minimum Gasteiger partial charge on any atom is -0.366 e. The lowest BCUT2D eigenvalue weighted by atomic mass is 10.1. The second kappa shape index (κ2) is 5.71. The lowest BCUT2D eigenvalue weighted by Crippen LogP contribution is -2.09. The minimum absolute atomic E-state index is 0.422. The predicted octanol–water partition coefficient (Wildman–Crippen LogP) is 3.54. The van der Waals surface area contributed by atoms with E-state index in [0.29, 0.717) is 5.56 Å². The first kappa shape index (κ1) is 12.7. The molecule has 0 bridgehead atoms. The van der Waals surface area contributed by atoms with Crippen molar-refractivity contribution in [1.29, 1.82) is 10.5 Å². The highest BCUT2D eigenvalue weighted by Crippen LogP contribution is 2.22. The van der Waals surface area contributed by atoms with Crippen LogP contribution in [0.2, 0.25) is 0 Å². The van der Waals surface area contributed by atoms with Gasteiger partial charge in [0.25, 0.3) is 0 Å². The number of nitrogens with one attached hydrogen (secondary N) is 1. The first-order chi connectivity index (χ1) is 9.24. The fourth-order valence-electron chi connectivity index (χ4n) is 1.83. The largest absolute Gasteiger partial charge is 0.366 e. The Morgan fingerprint density at radius 1 is 1.00 bits per heavy atom. The Balaban J connectivity index is 2.24. The van der Waals surface area contributed by atoms with Crippen molar-refractivity contribution in [1.82, 2.24) is 0 Å². The number of aryl methyl sites for hydroxylation is 1. The Morgan fingerprint density at radius 2 is 1.68 bits per heavy atom. The summed E-state index contributed by atoms with van der Waals surface area (Å²) in [5, 5.41) is 21.3. The van der Waals surface area contributed by atoms with Gasteiger partial charge in [0.05, 0.1) is 17.7 Å². The number of anilines is 1. The van der Waals surface area contributed by atoms with E-state index in [2.05, 4.69) is 17.5 Å². The summed E-state index contributed by atoms with van der Waals surface area (Å²) in [7, 11) is 0. The molecule has 1 unspecified atom stereocenters. The molecule has 0 aliphatic carbocycles. The summed E-state index contributed by atoms with van der Waals surface area (Å²) in [4.78, 5) is 0. The second-order valence-electron chi connectivity index (χ2n) is 4.26. The maximum absolute atomic E-state index is 9.28. The normalized spacial score (nSPS) is 11.1. The van der Waals surface area contributed by atoms with Gasteiger partial charge in [0, 0.05) is 5.69 Å². The van der Waals surface area contributed by atoms with Gasteiger partial charge in [-0.05, 0) is 36.2 Å². The topological polar surface area (TPSA) is 59.6 Å². The second-order valence-corrected chi connectivity index (χ2v) is 4.26. The van der Waals surface area contributed by atoms with E-state index in [9.17, 15) is 5.26 Å². The highest BCUT2D eigenvalue weighted by atomic mass is 14.9. The van der Waals surface area contributed by atoms with Crippen LogP contribution in [-0.4, -0.2) is 0 Å². The van der Waals surface area contributed by atoms with Crippen LogP contribution in [0.5, 0.6) is 0 Å². The van der Waals surface area contributed by atoms with Crippen LogP contribution in [0.4, 0.5) is 5.69 Å². The molecule has 2 aromatic carbocycles. The van der Waals surface area contributed by atoms with Gasteiger partial charge >= 0.3 is 0 Å². The quantitative estimate of drug-likeness (QED) is 0.902. The molecular formula is C16H13N3. The summed E-state index contributed by atoms with van der Waals surface area (Å²) < 4.78 is 0. The predicted molar refractivity (Wildman–Crippen MR) is 74.3 cm³/mol. The maximum Gasteiger partial charge on any atom is 0.140 e. The molecule has 0 heterocycles. The third kappa shape index (κ3) is 2.91. The van der Waals surface area contributed by atoms with Crippen molar-refractivity contribution >= 4 is 5.69 Å². The van der Waals surface area contributed by atoms with Crippen molar-refractivity contribution in [3.63, 3.8) is 0 Å². The smallest absolute Gasteiger partial charge is 0.140 e. The van der Waals surface area contributed by atoms with E-state index in [1.807, 2.05) is 31.2 Å². The van der Waals surface area contributed by atoms with E-state index < -0.39 is 6.04 Å². The molecule has 92 valence electrons. The molecule has 0 spiro atoms. The van der Waals surface area contributed by atoms with Crippen LogP contribution in [0.3, 0.4) is 0 Å². The average molecular weight is 247 g/mol. The number of hydrogen-bond acceptors (Lipinski definition) is 3. The van der Waals surface area contributed by atoms with Crippen LogP contribution in [0.25, 0.3) is 0 Å². The molecule has 0 fully saturated rings. The molecule has 0 amide bonds. The summed E-state index contributed by atoms with van der Waals surface area (Å²) in [6, 6.07) is 18.8. The summed E-state index contributed by atoms with van der Waals surface area (Å²) in [6.07, 6.45) is 0. The molecule has 2 aromatic rings. The van der Waals surface area contributed by atoms with Gasteiger partial charge in [-0.15, -0.1) is 0 Å². The van der Waals surface area contributed by atoms with Crippen molar-refractivity contribution in [2.45, 2.75) is 13.0 Å². The monoisotopic (exact) mass is 247 g/mol. The maximum atomic E-state index is 9.28. The Hall–Kier alpha value is -2.78. The molecule has 0 aliphatic rings. The zero-order valence-electron chi connectivity index (χ0n) is 10.6. The number of nitrogens with zero attached hydrogens (tertiary/aromatic N) is 2. The van der Waals surface area contributed by atoms with Gasteiger partial charge < -0.3 is 5.32 Å². The van der Waals surface area contributed by atoms with Gasteiger partial charge in [-0.25, -0.2) is 0 Å². The Kier molecular flexibility index (Phi) is 3.81. The van der Waals surface area contributed by atoms with Crippen LogP contribution in [0, 0.1) is 29.6 Å². The van der Waals surface area contributed by atoms with Crippen molar-refractivity contribution < 1.29 is 0 Å². The van der Waals surface area contributed by atoms with Crippen LogP contribution in [-0.2, 0) is 0 Å². The van der Waals surface area contributed by atoms with Crippen LogP contribution < -0.4 is 5.32 Å². The molecular weight excluding hydrogens is 234 g/mol. The van der Waals surface area contributed by atoms with Gasteiger partial charge in [-0.3, -0.25) is 0 Å². The van der Waals surface area contributed by atoms with Gasteiger partial charge in [-0.1, -0.05) is 30.3 Å². The summed E-state index contributed by atoms with van der Waals surface area (Å²) in [5.74, 6) is 0. The molecule has 0 aliphatic heterocycles. The van der Waals surface area contributed by atoms with Crippen molar-refractivity contribution in [3.8, 4) is 12.1 Å². The molecule has 0 radical (unpaired) electrons. The average Bonchev–Trinajstić information content (AvgIpc) is 2.47. The summed E-state index contributed by atoms with van der Waals surface area (Å²) in [6.45, 7) is 2.00. The summed E-state index contributed by atoms with van der Waals surface area (Å²) >= 11 is 0. The number of nitriles is 2. The van der Waals surface area contributed by atoms with E-state index in [1.54, 1.807) is 24.3 Å². The number of para-hydroxylation sites is 1. The van der Waals surface area contributed by atoms with Gasteiger partial charge in [0.15, 0.2) is 0 Å². The SMILES string of the molecule is Cc1ccccc1NC(C#N)c1ccc(C#N)cc1. The molecule has 1 atom stereocenters. The van der Waals surface area contributed by atoms with Gasteiger partial charge in [-0.2, -0.15) is 10.5 Å². The molecule has 1 N–H and O–H groups in total. The van der Waals surface area contributed by atoms with E-state index >= 15 is 0 Å². The first-order valence-corrected chi connectivity index (χ1v) is 5.96. The van der Waals surface area contributed by atoms with Crippen molar-refractivity contribution in [2.75, 3.05) is 5.32 Å². The third-order valence-electron chi connectivity index (χ3n) is 2.95. The molecule has 0 saturated carbocycles. The van der Waals surface area contributed by atoms with Gasteiger partial charge in [0.1, 0.15) is 6.04 Å². The van der Waals surface area contributed by atoms with Crippen molar-refractivity contribution in [2.24, 2.45) is 0 Å². The Morgan fingerprint density at radius 3 is 2.26 bits per heavy atom. The summed E-state index contributed by atoms with van der Waals surface area (Å²) in [5.41, 5.74) is 3.48. The van der Waals surface area contributed by atoms with E-state index in [1.165, 1.54) is 0 Å². The fourth-order valence-corrected chi connectivity index (χ4v) is 1.83. The molecule has 19 heavy (non-hydrogen) atoms. The van der Waals surface area contributed by atoms with Crippen LogP contribution >= 0.6 is 0 Å². The zero-order valence-corrected chi connectivity index (χ0v) is 10.6. The number of hydrogen-bond donors (Lipinski definition) is 1.